The summed E-state index contributed by atoms with van der Waals surface area (Å²) >= 11 is 11.8. The summed E-state index contributed by atoms with van der Waals surface area (Å²) < 4.78 is 18.3. The topological polar surface area (TPSA) is 55.4 Å². The average molecular weight is 396 g/mol. The normalized spacial score (nSPS) is 12.0. The molecule has 2 rings (SSSR count). The summed E-state index contributed by atoms with van der Waals surface area (Å²) in [5.74, 6) is -1.67. The van der Waals surface area contributed by atoms with Crippen LogP contribution in [0.3, 0.4) is 0 Å². The van der Waals surface area contributed by atoms with E-state index in [1.54, 1.807) is 37.3 Å². The molecule has 0 fully saturated rings. The molecule has 0 saturated heterocycles. The zero-order chi connectivity index (χ0) is 19.1. The third-order valence-corrected chi connectivity index (χ3v) is 4.21. The molecule has 26 heavy (non-hydrogen) atoms. The molecule has 0 aromatic heterocycles. The molecule has 1 atom stereocenters. The highest BCUT2D eigenvalue weighted by molar-refractivity contribution is 6.42. The second kappa shape index (κ2) is 9.36. The van der Waals surface area contributed by atoms with Crippen molar-refractivity contribution in [3.63, 3.8) is 0 Å². The van der Waals surface area contributed by atoms with Crippen molar-refractivity contribution in [2.75, 3.05) is 6.61 Å². The minimum atomic E-state index is -0.745. The van der Waals surface area contributed by atoms with Crippen LogP contribution in [0.1, 0.15) is 24.1 Å². The van der Waals surface area contributed by atoms with Crippen LogP contribution in [0.5, 0.6) is 0 Å². The molecule has 2 aromatic rings. The van der Waals surface area contributed by atoms with Crippen molar-refractivity contribution in [1.29, 1.82) is 0 Å². The lowest BCUT2D eigenvalue weighted by Gasteiger charge is -2.14. The third kappa shape index (κ3) is 5.86. The standard InChI is InChI=1S/C19H16Cl2FNO3/c1-12(14-6-8-15(20)16(21)10-14)23-18(24)11-26-19(25)9-7-13-4-2-3-5-17(13)22/h2-10,12H,11H2,1H3,(H,23,24)/b9-7+. The fourth-order valence-corrected chi connectivity index (χ4v) is 2.41. The van der Waals surface area contributed by atoms with Crippen molar-refractivity contribution < 1.29 is 18.7 Å². The Bertz CT molecular complexity index is 839. The van der Waals surface area contributed by atoms with E-state index in [2.05, 4.69) is 5.32 Å². The van der Waals surface area contributed by atoms with Crippen LogP contribution in [0.25, 0.3) is 6.08 Å². The van der Waals surface area contributed by atoms with Crippen LogP contribution in [0.15, 0.2) is 48.5 Å². The van der Waals surface area contributed by atoms with E-state index < -0.39 is 24.3 Å². The summed E-state index contributed by atoms with van der Waals surface area (Å²) in [4.78, 5) is 23.5. The Labute approximate surface area is 160 Å². The van der Waals surface area contributed by atoms with Gasteiger partial charge in [0.1, 0.15) is 5.82 Å². The second-order valence-electron chi connectivity index (χ2n) is 5.43. The number of halogens is 3. The molecular formula is C19H16Cl2FNO3. The van der Waals surface area contributed by atoms with E-state index in [0.29, 0.717) is 10.0 Å². The van der Waals surface area contributed by atoms with E-state index in [-0.39, 0.29) is 11.6 Å². The Morgan fingerprint density at radius 3 is 2.62 bits per heavy atom. The summed E-state index contributed by atoms with van der Waals surface area (Å²) in [6, 6.07) is 10.7. The fraction of sp³-hybridized carbons (Fsp3) is 0.158. The number of carbonyl (C=O) groups excluding carboxylic acids is 2. The van der Waals surface area contributed by atoms with Gasteiger partial charge in [0, 0.05) is 11.6 Å². The maximum absolute atomic E-state index is 13.4. The Morgan fingerprint density at radius 2 is 1.92 bits per heavy atom. The lowest BCUT2D eigenvalue weighted by atomic mass is 10.1. The first kappa shape index (κ1) is 19.9. The Balaban J connectivity index is 1.83. The van der Waals surface area contributed by atoms with Gasteiger partial charge in [-0.05, 0) is 36.8 Å². The van der Waals surface area contributed by atoms with Gasteiger partial charge in [0.05, 0.1) is 16.1 Å². The molecule has 2 aromatic carbocycles. The highest BCUT2D eigenvalue weighted by Crippen LogP contribution is 2.25. The van der Waals surface area contributed by atoms with Crippen LogP contribution in [0, 0.1) is 5.82 Å². The Kier molecular flexibility index (Phi) is 7.18. The van der Waals surface area contributed by atoms with Gasteiger partial charge in [0.2, 0.25) is 0 Å². The molecule has 0 bridgehead atoms. The van der Waals surface area contributed by atoms with Gasteiger partial charge in [-0.15, -0.1) is 0 Å². The average Bonchev–Trinajstić information content (AvgIpc) is 2.61. The molecule has 0 heterocycles. The minimum Gasteiger partial charge on any atom is -0.452 e. The van der Waals surface area contributed by atoms with E-state index in [0.717, 1.165) is 11.6 Å². The first-order valence-electron chi connectivity index (χ1n) is 7.70. The molecule has 1 amide bonds. The van der Waals surface area contributed by atoms with Gasteiger partial charge in [-0.1, -0.05) is 47.5 Å². The zero-order valence-corrected chi connectivity index (χ0v) is 15.4. The summed E-state index contributed by atoms with van der Waals surface area (Å²) in [6.45, 7) is 1.31. The van der Waals surface area contributed by atoms with Crippen LogP contribution in [0.4, 0.5) is 4.39 Å². The predicted octanol–water partition coefficient (Wildman–Crippen LogP) is 4.57. The van der Waals surface area contributed by atoms with E-state index in [1.807, 2.05) is 0 Å². The second-order valence-corrected chi connectivity index (χ2v) is 6.24. The molecule has 0 saturated carbocycles. The molecule has 7 heteroatoms. The molecular weight excluding hydrogens is 380 g/mol. The van der Waals surface area contributed by atoms with Crippen LogP contribution in [-0.4, -0.2) is 18.5 Å². The number of hydrogen-bond donors (Lipinski definition) is 1. The minimum absolute atomic E-state index is 0.252. The largest absolute Gasteiger partial charge is 0.452 e. The van der Waals surface area contributed by atoms with Gasteiger partial charge < -0.3 is 10.1 Å². The van der Waals surface area contributed by atoms with Gasteiger partial charge in [0.25, 0.3) is 5.91 Å². The quantitative estimate of drug-likeness (QED) is 0.575. The molecule has 0 aliphatic heterocycles. The molecule has 136 valence electrons. The summed E-state index contributed by atoms with van der Waals surface area (Å²) in [5.41, 5.74) is 1.01. The van der Waals surface area contributed by atoms with Gasteiger partial charge in [-0.2, -0.15) is 0 Å². The van der Waals surface area contributed by atoms with Crippen molar-refractivity contribution in [3.8, 4) is 0 Å². The molecule has 0 aliphatic carbocycles. The summed E-state index contributed by atoms with van der Waals surface area (Å²) in [5, 5.41) is 3.48. The van der Waals surface area contributed by atoms with Crippen LogP contribution < -0.4 is 5.32 Å². The van der Waals surface area contributed by atoms with Crippen LogP contribution in [0.2, 0.25) is 10.0 Å². The van der Waals surface area contributed by atoms with E-state index >= 15 is 0 Å². The highest BCUT2D eigenvalue weighted by Gasteiger charge is 2.12. The number of esters is 1. The van der Waals surface area contributed by atoms with Gasteiger partial charge in [-0.25, -0.2) is 9.18 Å². The number of carbonyl (C=O) groups is 2. The highest BCUT2D eigenvalue weighted by atomic mass is 35.5. The third-order valence-electron chi connectivity index (χ3n) is 3.47. The number of amides is 1. The number of benzene rings is 2. The predicted molar refractivity (Wildman–Crippen MR) is 99.4 cm³/mol. The van der Waals surface area contributed by atoms with Crippen molar-refractivity contribution in [2.45, 2.75) is 13.0 Å². The first-order chi connectivity index (χ1) is 12.4. The number of rotatable bonds is 6. The Hall–Kier alpha value is -2.37. The van der Waals surface area contributed by atoms with E-state index in [9.17, 15) is 14.0 Å². The molecule has 0 spiro atoms. The lowest BCUT2D eigenvalue weighted by Crippen LogP contribution is -2.30. The fourth-order valence-electron chi connectivity index (χ4n) is 2.10. The molecule has 0 aliphatic rings. The number of nitrogens with one attached hydrogen (secondary N) is 1. The summed E-state index contributed by atoms with van der Waals surface area (Å²) in [7, 11) is 0. The smallest absolute Gasteiger partial charge is 0.331 e. The van der Waals surface area contributed by atoms with E-state index in [4.69, 9.17) is 27.9 Å². The van der Waals surface area contributed by atoms with E-state index in [1.165, 1.54) is 18.2 Å². The molecule has 1 N–H and O–H groups in total. The van der Waals surface area contributed by atoms with Crippen molar-refractivity contribution >= 4 is 41.2 Å². The van der Waals surface area contributed by atoms with Crippen molar-refractivity contribution in [1.82, 2.24) is 5.32 Å². The van der Waals surface area contributed by atoms with Gasteiger partial charge >= 0.3 is 5.97 Å². The Morgan fingerprint density at radius 1 is 1.19 bits per heavy atom. The molecule has 0 radical (unpaired) electrons. The summed E-state index contributed by atoms with van der Waals surface area (Å²) in [6.07, 6.45) is 2.35. The monoisotopic (exact) mass is 395 g/mol. The molecule has 4 nitrogen and oxygen atoms in total. The van der Waals surface area contributed by atoms with Crippen molar-refractivity contribution in [3.05, 3.63) is 75.5 Å². The van der Waals surface area contributed by atoms with Gasteiger partial charge in [-0.3, -0.25) is 4.79 Å². The first-order valence-corrected chi connectivity index (χ1v) is 8.46. The zero-order valence-electron chi connectivity index (χ0n) is 13.8. The number of ether oxygens (including phenoxy) is 1. The maximum atomic E-state index is 13.4. The van der Waals surface area contributed by atoms with Crippen molar-refractivity contribution in [2.24, 2.45) is 0 Å². The lowest BCUT2D eigenvalue weighted by molar-refractivity contribution is -0.144. The van der Waals surface area contributed by atoms with Crippen LogP contribution in [-0.2, 0) is 14.3 Å². The van der Waals surface area contributed by atoms with Gasteiger partial charge in [0.15, 0.2) is 6.61 Å². The maximum Gasteiger partial charge on any atom is 0.331 e. The number of hydrogen-bond acceptors (Lipinski definition) is 3. The SMILES string of the molecule is CC(NC(=O)COC(=O)/C=C/c1ccccc1F)c1ccc(Cl)c(Cl)c1. The molecule has 1 unspecified atom stereocenters. The van der Waals surface area contributed by atoms with Crippen LogP contribution >= 0.6 is 23.2 Å².